The van der Waals surface area contributed by atoms with E-state index in [-0.39, 0.29) is 22.6 Å². The number of hydrogen-bond acceptors (Lipinski definition) is 3. The van der Waals surface area contributed by atoms with Crippen molar-refractivity contribution in [2.45, 2.75) is 37.0 Å². The van der Waals surface area contributed by atoms with Gasteiger partial charge in [0.1, 0.15) is 11.8 Å². The van der Waals surface area contributed by atoms with E-state index in [2.05, 4.69) is 19.6 Å². The van der Waals surface area contributed by atoms with Gasteiger partial charge >= 0.3 is 0 Å². The number of carbonyl (C=O) groups excluding carboxylic acids is 1. The molecule has 0 saturated carbocycles. The number of benzene rings is 1. The summed E-state index contributed by atoms with van der Waals surface area (Å²) in [4.78, 5) is 10.9. The highest BCUT2D eigenvalue weighted by Gasteiger charge is 2.43. The largest absolute Gasteiger partial charge is 0.508 e. The first-order valence-corrected chi connectivity index (χ1v) is 7.42. The van der Waals surface area contributed by atoms with Crippen LogP contribution in [-0.4, -0.2) is 28.1 Å². The Morgan fingerprint density at radius 2 is 2.26 bits per heavy atom. The Hall–Kier alpha value is -1.20. The number of primary amides is 1. The molecule has 2 rings (SSSR count). The van der Waals surface area contributed by atoms with Crippen LogP contribution in [0.3, 0.4) is 0 Å². The van der Waals surface area contributed by atoms with Gasteiger partial charge in [0, 0.05) is 5.41 Å². The van der Waals surface area contributed by atoms with Gasteiger partial charge in [-0.25, -0.2) is 0 Å². The van der Waals surface area contributed by atoms with Crippen molar-refractivity contribution in [3.8, 4) is 5.75 Å². The number of aromatic hydroxyl groups is 1. The summed E-state index contributed by atoms with van der Waals surface area (Å²) in [6, 6.07) is 5.69. The molecule has 0 radical (unpaired) electrons. The Kier molecular flexibility index (Phi) is 3.78. The van der Waals surface area contributed by atoms with Crippen molar-refractivity contribution in [2.75, 3.05) is 5.75 Å². The number of thioether (sulfide) groups is 1. The van der Waals surface area contributed by atoms with Gasteiger partial charge in [-0.2, -0.15) is 0 Å². The van der Waals surface area contributed by atoms with E-state index in [1.807, 2.05) is 12.1 Å². The Bertz CT molecular complexity index is 502. The first kappa shape index (κ1) is 14.2. The summed E-state index contributed by atoms with van der Waals surface area (Å²) in [5.74, 6) is 0.342. The van der Waals surface area contributed by atoms with Crippen molar-refractivity contribution >= 4 is 17.7 Å². The highest BCUT2D eigenvalue weighted by molar-refractivity contribution is 8.00. The van der Waals surface area contributed by atoms with Crippen LogP contribution >= 0.6 is 11.8 Å². The van der Waals surface area contributed by atoms with E-state index in [4.69, 9.17) is 5.73 Å². The third-order valence-electron chi connectivity index (χ3n) is 4.02. The van der Waals surface area contributed by atoms with E-state index in [9.17, 15) is 9.90 Å². The van der Waals surface area contributed by atoms with Crippen molar-refractivity contribution in [1.29, 1.82) is 0 Å². The molecule has 6 N–H and O–H groups in total. The lowest BCUT2D eigenvalue weighted by atomic mass is 9.69. The average molecular weight is 281 g/mol. The van der Waals surface area contributed by atoms with Gasteiger partial charge < -0.3 is 16.6 Å². The molecule has 2 atom stereocenters. The van der Waals surface area contributed by atoms with Gasteiger partial charge in [0.25, 0.3) is 0 Å². The number of quaternary nitrogens is 1. The summed E-state index contributed by atoms with van der Waals surface area (Å²) >= 11 is 1.58. The summed E-state index contributed by atoms with van der Waals surface area (Å²) in [6.45, 7) is 4.28. The molecule has 0 spiro atoms. The minimum atomic E-state index is -0.286. The molecule has 0 fully saturated rings. The normalized spacial score (nSPS) is 24.8. The first-order valence-electron chi connectivity index (χ1n) is 6.37. The number of nitrogens with two attached hydrogens (primary N) is 1. The van der Waals surface area contributed by atoms with E-state index in [0.29, 0.717) is 11.5 Å². The van der Waals surface area contributed by atoms with E-state index in [1.165, 1.54) is 5.56 Å². The average Bonchev–Trinajstić information content (AvgIpc) is 2.33. The molecular formula is C14H21N2O2S+. The molecule has 104 valence electrons. The van der Waals surface area contributed by atoms with Crippen molar-refractivity contribution < 1.29 is 15.6 Å². The SMILES string of the molecule is CC1(C)c2cc(O)ccc2CC(SCC(N)=O)C1[NH3+]. The predicted molar refractivity (Wildman–Crippen MR) is 77.0 cm³/mol. The molecular weight excluding hydrogens is 260 g/mol. The van der Waals surface area contributed by atoms with E-state index < -0.39 is 0 Å². The Morgan fingerprint density at radius 1 is 1.58 bits per heavy atom. The number of fused-ring (bicyclic) bond motifs is 1. The molecule has 1 amide bonds. The predicted octanol–water partition coefficient (Wildman–Crippen LogP) is 0.423. The second kappa shape index (κ2) is 5.06. The molecule has 1 aromatic rings. The van der Waals surface area contributed by atoms with Crippen LogP contribution in [0.2, 0.25) is 0 Å². The number of phenols is 1. The van der Waals surface area contributed by atoms with Gasteiger partial charge in [-0.3, -0.25) is 4.79 Å². The second-order valence-corrected chi connectivity index (χ2v) is 6.92. The maximum absolute atomic E-state index is 10.9. The van der Waals surface area contributed by atoms with Crippen molar-refractivity contribution in [3.05, 3.63) is 29.3 Å². The number of phenolic OH excluding ortho intramolecular Hbond substituents is 1. The molecule has 0 saturated heterocycles. The van der Waals surface area contributed by atoms with Crippen molar-refractivity contribution in [1.82, 2.24) is 0 Å². The van der Waals surface area contributed by atoms with Crippen LogP contribution in [0.4, 0.5) is 0 Å². The van der Waals surface area contributed by atoms with Gasteiger partial charge in [-0.05, 0) is 29.7 Å². The Morgan fingerprint density at radius 3 is 2.89 bits per heavy atom. The summed E-state index contributed by atoms with van der Waals surface area (Å²) in [5, 5.41) is 9.94. The number of rotatable bonds is 3. The molecule has 4 nitrogen and oxygen atoms in total. The fourth-order valence-electron chi connectivity index (χ4n) is 2.73. The quantitative estimate of drug-likeness (QED) is 0.750. The highest BCUT2D eigenvalue weighted by Crippen LogP contribution is 2.40. The number of hydrogen-bond donors (Lipinski definition) is 3. The minimum Gasteiger partial charge on any atom is -0.508 e. The molecule has 0 bridgehead atoms. The van der Waals surface area contributed by atoms with Crippen LogP contribution in [0.15, 0.2) is 18.2 Å². The Balaban J connectivity index is 2.31. The number of carbonyl (C=O) groups is 1. The lowest BCUT2D eigenvalue weighted by Gasteiger charge is -2.40. The maximum Gasteiger partial charge on any atom is 0.227 e. The zero-order valence-corrected chi connectivity index (χ0v) is 12.2. The monoisotopic (exact) mass is 281 g/mol. The smallest absolute Gasteiger partial charge is 0.227 e. The fraction of sp³-hybridized carbons (Fsp3) is 0.500. The van der Waals surface area contributed by atoms with Crippen LogP contribution in [0.5, 0.6) is 5.75 Å². The van der Waals surface area contributed by atoms with E-state index >= 15 is 0 Å². The zero-order chi connectivity index (χ0) is 14.2. The van der Waals surface area contributed by atoms with Gasteiger partial charge in [0.2, 0.25) is 5.91 Å². The van der Waals surface area contributed by atoms with Gasteiger partial charge in [-0.1, -0.05) is 19.9 Å². The number of amides is 1. The molecule has 5 heteroatoms. The van der Waals surface area contributed by atoms with Crippen LogP contribution in [-0.2, 0) is 16.6 Å². The summed E-state index contributed by atoms with van der Waals surface area (Å²) in [7, 11) is 0. The van der Waals surface area contributed by atoms with Crippen molar-refractivity contribution in [3.63, 3.8) is 0 Å². The van der Waals surface area contributed by atoms with Crippen molar-refractivity contribution in [2.24, 2.45) is 5.73 Å². The topological polar surface area (TPSA) is 91.0 Å². The van der Waals surface area contributed by atoms with Crippen LogP contribution < -0.4 is 11.5 Å². The van der Waals surface area contributed by atoms with E-state index in [0.717, 1.165) is 12.0 Å². The fourth-order valence-corrected chi connectivity index (χ4v) is 3.98. The summed E-state index contributed by atoms with van der Waals surface area (Å²) < 4.78 is 0. The standard InChI is InChI=1S/C14H20N2O2S/c1-14(2)10-6-9(17)4-3-8(10)5-11(13(14)16)19-7-12(15)18/h3-4,6,11,13,17H,5,7,16H2,1-2H3,(H2,15,18)/p+1. The van der Waals surface area contributed by atoms with Gasteiger partial charge in [0.05, 0.1) is 11.0 Å². The highest BCUT2D eigenvalue weighted by atomic mass is 32.2. The van der Waals surface area contributed by atoms with Crippen LogP contribution in [0.25, 0.3) is 0 Å². The molecule has 0 aliphatic heterocycles. The summed E-state index contributed by atoms with van der Waals surface area (Å²) in [6.07, 6.45) is 0.866. The Labute approximate surface area is 117 Å². The third kappa shape index (κ3) is 2.72. The molecule has 2 unspecified atom stereocenters. The molecule has 1 aliphatic carbocycles. The lowest BCUT2D eigenvalue weighted by molar-refractivity contribution is -0.435. The van der Waals surface area contributed by atoms with Gasteiger partial charge in [-0.15, -0.1) is 11.8 Å². The zero-order valence-electron chi connectivity index (χ0n) is 11.3. The van der Waals surface area contributed by atoms with Gasteiger partial charge in [0.15, 0.2) is 0 Å². The maximum atomic E-state index is 10.9. The van der Waals surface area contributed by atoms with Crippen LogP contribution in [0.1, 0.15) is 25.0 Å². The molecule has 0 aromatic heterocycles. The molecule has 1 aliphatic rings. The minimum absolute atomic E-state index is 0.123. The third-order valence-corrected chi connectivity index (χ3v) is 5.40. The first-order chi connectivity index (χ1) is 8.82. The summed E-state index contributed by atoms with van der Waals surface area (Å²) in [5.41, 5.74) is 11.8. The van der Waals surface area contributed by atoms with E-state index in [1.54, 1.807) is 17.8 Å². The molecule has 1 aromatic carbocycles. The van der Waals surface area contributed by atoms with Crippen LogP contribution in [0, 0.1) is 0 Å². The second-order valence-electron chi connectivity index (χ2n) is 5.69. The lowest BCUT2D eigenvalue weighted by Crippen LogP contribution is -2.74. The molecule has 19 heavy (non-hydrogen) atoms. The molecule has 0 heterocycles.